The molecule has 0 spiro atoms. The third-order valence-corrected chi connectivity index (χ3v) is 3.93. The molecule has 1 aromatic rings. The number of aliphatic carboxylic acids is 1. The number of anilines is 1. The van der Waals surface area contributed by atoms with Crippen LogP contribution in [0.2, 0.25) is 0 Å². The Hall–Kier alpha value is -2.11. The van der Waals surface area contributed by atoms with E-state index < -0.39 is 17.9 Å². The topological polar surface area (TPSA) is 105 Å². The van der Waals surface area contributed by atoms with Crippen molar-refractivity contribution in [1.82, 2.24) is 4.98 Å². The number of hydrogen-bond donors (Lipinski definition) is 3. The lowest BCUT2D eigenvalue weighted by molar-refractivity contribution is -0.139. The molecular formula is C15H21N3O3. The zero-order valence-corrected chi connectivity index (χ0v) is 12.1. The normalized spacial score (nSPS) is 17.2. The number of carboxylic acids is 1. The second kappa shape index (κ2) is 6.56. The van der Waals surface area contributed by atoms with E-state index in [1.54, 1.807) is 13.0 Å². The molecule has 1 unspecified atom stereocenters. The van der Waals surface area contributed by atoms with E-state index in [0.717, 1.165) is 32.1 Å². The quantitative estimate of drug-likeness (QED) is 0.768. The number of carbonyl (C=O) groups is 2. The molecule has 6 heteroatoms. The summed E-state index contributed by atoms with van der Waals surface area (Å²) in [6, 6.07) is 2.41. The summed E-state index contributed by atoms with van der Waals surface area (Å²) in [4.78, 5) is 27.1. The Labute approximate surface area is 123 Å². The standard InChI is InChI=1S/C15H21N3O3/c1-9-7-11(14(16)19)8-12(17-9)18-13(15(20)21)10-5-3-2-4-6-10/h7-8,10,13H,2-6H2,1H3,(H2,16,19)(H,17,18)(H,20,21). The van der Waals surface area contributed by atoms with Crippen molar-refractivity contribution in [1.29, 1.82) is 0 Å². The van der Waals surface area contributed by atoms with E-state index in [4.69, 9.17) is 5.73 Å². The number of carbonyl (C=O) groups excluding carboxylic acids is 1. The predicted octanol–water partition coefficient (Wildman–Crippen LogP) is 1.93. The van der Waals surface area contributed by atoms with Gasteiger partial charge in [-0.25, -0.2) is 9.78 Å². The minimum atomic E-state index is -0.883. The smallest absolute Gasteiger partial charge is 0.326 e. The average molecular weight is 291 g/mol. The Bertz CT molecular complexity index is 539. The molecule has 114 valence electrons. The highest BCUT2D eigenvalue weighted by molar-refractivity contribution is 5.93. The van der Waals surface area contributed by atoms with Crippen LogP contribution in [0.15, 0.2) is 12.1 Å². The summed E-state index contributed by atoms with van der Waals surface area (Å²) in [6.07, 6.45) is 5.09. The SMILES string of the molecule is Cc1cc(C(N)=O)cc(NC(C(=O)O)C2CCCCC2)n1. The van der Waals surface area contributed by atoms with Gasteiger partial charge in [0.15, 0.2) is 0 Å². The van der Waals surface area contributed by atoms with Crippen molar-refractivity contribution in [2.24, 2.45) is 11.7 Å². The maximum atomic E-state index is 11.5. The first-order chi connectivity index (χ1) is 9.97. The number of carboxylic acid groups (broad SMARTS) is 1. The second-order valence-electron chi connectivity index (χ2n) is 5.61. The molecule has 1 amide bonds. The molecule has 1 aliphatic rings. The zero-order chi connectivity index (χ0) is 15.4. The Morgan fingerprint density at radius 3 is 2.57 bits per heavy atom. The molecule has 0 bridgehead atoms. The molecule has 1 aliphatic carbocycles. The number of primary amides is 1. The summed E-state index contributed by atoms with van der Waals surface area (Å²) >= 11 is 0. The van der Waals surface area contributed by atoms with Gasteiger partial charge in [-0.05, 0) is 37.8 Å². The van der Waals surface area contributed by atoms with E-state index in [-0.39, 0.29) is 5.92 Å². The van der Waals surface area contributed by atoms with Gasteiger partial charge in [0.05, 0.1) is 0 Å². The van der Waals surface area contributed by atoms with Crippen LogP contribution in [0.4, 0.5) is 5.82 Å². The third kappa shape index (κ3) is 3.93. The fourth-order valence-corrected chi connectivity index (χ4v) is 2.89. The minimum absolute atomic E-state index is 0.0931. The van der Waals surface area contributed by atoms with Gasteiger partial charge in [0, 0.05) is 11.3 Å². The molecule has 4 N–H and O–H groups in total. The largest absolute Gasteiger partial charge is 0.480 e. The zero-order valence-electron chi connectivity index (χ0n) is 12.1. The number of pyridine rings is 1. The lowest BCUT2D eigenvalue weighted by atomic mass is 9.84. The van der Waals surface area contributed by atoms with Crippen molar-refractivity contribution < 1.29 is 14.7 Å². The monoisotopic (exact) mass is 291 g/mol. The van der Waals surface area contributed by atoms with Gasteiger partial charge < -0.3 is 16.2 Å². The van der Waals surface area contributed by atoms with Crippen LogP contribution in [0.3, 0.4) is 0 Å². The van der Waals surface area contributed by atoms with Crippen LogP contribution in [0.25, 0.3) is 0 Å². The van der Waals surface area contributed by atoms with Gasteiger partial charge in [0.1, 0.15) is 11.9 Å². The maximum Gasteiger partial charge on any atom is 0.326 e. The summed E-state index contributed by atoms with van der Waals surface area (Å²) < 4.78 is 0. The second-order valence-corrected chi connectivity index (χ2v) is 5.61. The fraction of sp³-hybridized carbons (Fsp3) is 0.533. The number of hydrogen-bond acceptors (Lipinski definition) is 4. The summed E-state index contributed by atoms with van der Waals surface area (Å²) in [7, 11) is 0. The summed E-state index contributed by atoms with van der Waals surface area (Å²) in [6.45, 7) is 1.74. The van der Waals surface area contributed by atoms with Gasteiger partial charge >= 0.3 is 5.97 Å². The number of rotatable bonds is 5. The molecule has 0 aliphatic heterocycles. The molecule has 0 radical (unpaired) electrons. The highest BCUT2D eigenvalue weighted by Crippen LogP contribution is 2.28. The van der Waals surface area contributed by atoms with Gasteiger partial charge in [-0.1, -0.05) is 19.3 Å². The van der Waals surface area contributed by atoms with E-state index in [9.17, 15) is 14.7 Å². The van der Waals surface area contributed by atoms with Gasteiger partial charge in [0.25, 0.3) is 0 Å². The number of aryl methyl sites for hydroxylation is 1. The van der Waals surface area contributed by atoms with Crippen molar-refractivity contribution in [3.63, 3.8) is 0 Å². The Balaban J connectivity index is 2.20. The fourth-order valence-electron chi connectivity index (χ4n) is 2.89. The number of nitrogens with one attached hydrogen (secondary N) is 1. The van der Waals surface area contributed by atoms with Crippen molar-refractivity contribution in [3.05, 3.63) is 23.4 Å². The highest BCUT2D eigenvalue weighted by Gasteiger charge is 2.29. The summed E-state index contributed by atoms with van der Waals surface area (Å²) in [5, 5.41) is 12.4. The van der Waals surface area contributed by atoms with E-state index >= 15 is 0 Å². The number of nitrogens with zero attached hydrogens (tertiary/aromatic N) is 1. The molecule has 1 aromatic heterocycles. The van der Waals surface area contributed by atoms with Crippen molar-refractivity contribution in [2.45, 2.75) is 45.1 Å². The molecule has 1 fully saturated rings. The summed E-state index contributed by atoms with van der Waals surface area (Å²) in [5.74, 6) is -0.948. The molecular weight excluding hydrogens is 270 g/mol. The molecule has 1 atom stereocenters. The lowest BCUT2D eigenvalue weighted by Gasteiger charge is -2.28. The highest BCUT2D eigenvalue weighted by atomic mass is 16.4. The Morgan fingerprint density at radius 1 is 1.33 bits per heavy atom. The molecule has 0 aromatic carbocycles. The van der Waals surface area contributed by atoms with E-state index in [2.05, 4.69) is 10.3 Å². The Morgan fingerprint density at radius 2 is 2.00 bits per heavy atom. The van der Waals surface area contributed by atoms with E-state index in [0.29, 0.717) is 17.1 Å². The molecule has 0 saturated heterocycles. The van der Waals surface area contributed by atoms with Gasteiger partial charge in [0.2, 0.25) is 5.91 Å². The minimum Gasteiger partial charge on any atom is -0.480 e. The van der Waals surface area contributed by atoms with Crippen LogP contribution in [-0.4, -0.2) is 28.0 Å². The number of aromatic nitrogens is 1. The molecule has 21 heavy (non-hydrogen) atoms. The van der Waals surface area contributed by atoms with Crippen LogP contribution in [0, 0.1) is 12.8 Å². The van der Waals surface area contributed by atoms with Gasteiger partial charge in [-0.3, -0.25) is 4.79 Å². The van der Waals surface area contributed by atoms with Crippen LogP contribution >= 0.6 is 0 Å². The third-order valence-electron chi connectivity index (χ3n) is 3.93. The van der Waals surface area contributed by atoms with Crippen molar-refractivity contribution >= 4 is 17.7 Å². The molecule has 1 heterocycles. The van der Waals surface area contributed by atoms with Crippen molar-refractivity contribution in [3.8, 4) is 0 Å². The average Bonchev–Trinajstić information content (AvgIpc) is 2.44. The van der Waals surface area contributed by atoms with Gasteiger partial charge in [-0.2, -0.15) is 0 Å². The van der Waals surface area contributed by atoms with Crippen LogP contribution in [-0.2, 0) is 4.79 Å². The summed E-state index contributed by atoms with van der Waals surface area (Å²) in [5.41, 5.74) is 6.23. The molecule has 1 saturated carbocycles. The molecule has 2 rings (SSSR count). The first-order valence-corrected chi connectivity index (χ1v) is 7.25. The number of nitrogens with two attached hydrogens (primary N) is 1. The van der Waals surface area contributed by atoms with E-state index in [1.807, 2.05) is 0 Å². The van der Waals surface area contributed by atoms with Crippen molar-refractivity contribution in [2.75, 3.05) is 5.32 Å². The van der Waals surface area contributed by atoms with Crippen LogP contribution < -0.4 is 11.1 Å². The Kier molecular flexibility index (Phi) is 4.77. The first kappa shape index (κ1) is 15.3. The maximum absolute atomic E-state index is 11.5. The number of amides is 1. The van der Waals surface area contributed by atoms with Crippen LogP contribution in [0.1, 0.15) is 48.2 Å². The van der Waals surface area contributed by atoms with Gasteiger partial charge in [-0.15, -0.1) is 0 Å². The van der Waals surface area contributed by atoms with Crippen LogP contribution in [0.5, 0.6) is 0 Å². The predicted molar refractivity (Wildman–Crippen MR) is 79.1 cm³/mol. The molecule has 6 nitrogen and oxygen atoms in total. The first-order valence-electron chi connectivity index (χ1n) is 7.25. The lowest BCUT2D eigenvalue weighted by Crippen LogP contribution is -2.38. The van der Waals surface area contributed by atoms with E-state index in [1.165, 1.54) is 6.07 Å².